The van der Waals surface area contributed by atoms with Crippen molar-refractivity contribution < 1.29 is 29.0 Å². The lowest BCUT2D eigenvalue weighted by molar-refractivity contribution is -0.150. The number of aliphatic carboxylic acids is 1. The van der Waals surface area contributed by atoms with Crippen LogP contribution >= 0.6 is 11.8 Å². The van der Waals surface area contributed by atoms with Crippen molar-refractivity contribution in [1.29, 1.82) is 0 Å². The fourth-order valence-electron chi connectivity index (χ4n) is 5.44. The summed E-state index contributed by atoms with van der Waals surface area (Å²) in [5.41, 5.74) is 8.30. The molecule has 0 aromatic heterocycles. The van der Waals surface area contributed by atoms with Gasteiger partial charge in [0, 0.05) is 43.2 Å². The Hall–Kier alpha value is -4.19. The first kappa shape index (κ1) is 34.7. The van der Waals surface area contributed by atoms with Crippen LogP contribution in [0.2, 0.25) is 0 Å². The molecule has 2 unspecified atom stereocenters. The van der Waals surface area contributed by atoms with Gasteiger partial charge in [-0.2, -0.15) is 4.99 Å². The van der Waals surface area contributed by atoms with Gasteiger partial charge in [-0.15, -0.1) is 0 Å². The van der Waals surface area contributed by atoms with Crippen LogP contribution in [-0.2, 0) is 25.5 Å². The Labute approximate surface area is 274 Å². The monoisotopic (exact) mass is 649 g/mol. The Morgan fingerprint density at radius 1 is 1.00 bits per heavy atom. The maximum Gasteiger partial charge on any atom is 0.306 e. The summed E-state index contributed by atoms with van der Waals surface area (Å²) in [6, 6.07) is 16.3. The van der Waals surface area contributed by atoms with Gasteiger partial charge in [-0.25, -0.2) is 0 Å². The van der Waals surface area contributed by atoms with Gasteiger partial charge >= 0.3 is 11.9 Å². The van der Waals surface area contributed by atoms with Crippen LogP contribution in [0, 0.1) is 0 Å². The number of amides is 2. The molecule has 2 aliphatic rings. The zero-order valence-corrected chi connectivity index (χ0v) is 27.0. The molecule has 1 saturated heterocycles. The molecule has 1 aliphatic carbocycles. The molecule has 11 nitrogen and oxygen atoms in total. The molecule has 1 aliphatic heterocycles. The summed E-state index contributed by atoms with van der Waals surface area (Å²) in [7, 11) is 0. The maximum absolute atomic E-state index is 13.3. The van der Waals surface area contributed by atoms with E-state index < -0.39 is 17.1 Å². The van der Waals surface area contributed by atoms with Gasteiger partial charge in [0.25, 0.3) is 5.91 Å². The molecule has 2 aromatic carbocycles. The molecule has 1 saturated carbocycles. The first-order chi connectivity index (χ1) is 22.2. The minimum atomic E-state index is -0.990. The first-order valence-electron chi connectivity index (χ1n) is 15.9. The average Bonchev–Trinajstić information content (AvgIpc) is 3.36. The SMILES string of the molecule is CC1C(C(=O)NCCC(=O)O)SC(=NC(=O)c2ccc(C(N)=NCCCC(=O)OC3CCCCC3)cc2)N1CCc1ccccc1. The van der Waals surface area contributed by atoms with Crippen molar-refractivity contribution in [3.63, 3.8) is 0 Å². The number of carbonyl (C=O) groups is 4. The molecular formula is C34H43N5O6S. The molecule has 246 valence electrons. The van der Waals surface area contributed by atoms with Gasteiger partial charge in [0.15, 0.2) is 5.17 Å². The molecule has 12 heteroatoms. The molecule has 0 bridgehead atoms. The normalized spacial score (nSPS) is 19.6. The smallest absolute Gasteiger partial charge is 0.306 e. The number of carboxylic acids is 1. The minimum absolute atomic E-state index is 0.0269. The van der Waals surface area contributed by atoms with Gasteiger partial charge in [0.05, 0.1) is 6.42 Å². The van der Waals surface area contributed by atoms with Crippen LogP contribution < -0.4 is 11.1 Å². The number of nitrogens with one attached hydrogen (secondary N) is 1. The van der Waals surface area contributed by atoms with Crippen molar-refractivity contribution in [2.75, 3.05) is 19.6 Å². The lowest BCUT2D eigenvalue weighted by Crippen LogP contribution is -2.43. The van der Waals surface area contributed by atoms with E-state index in [1.165, 1.54) is 18.2 Å². The van der Waals surface area contributed by atoms with Crippen LogP contribution in [0.15, 0.2) is 64.6 Å². The predicted molar refractivity (Wildman–Crippen MR) is 179 cm³/mol. The molecule has 0 radical (unpaired) electrons. The van der Waals surface area contributed by atoms with Gasteiger partial charge < -0.3 is 25.8 Å². The Balaban J connectivity index is 1.36. The van der Waals surface area contributed by atoms with Crippen molar-refractivity contribution in [3.05, 3.63) is 71.3 Å². The van der Waals surface area contributed by atoms with Crippen molar-refractivity contribution in [3.8, 4) is 0 Å². The van der Waals surface area contributed by atoms with Gasteiger partial charge in [0.2, 0.25) is 5.91 Å². The number of hydrogen-bond acceptors (Lipinski definition) is 7. The van der Waals surface area contributed by atoms with Gasteiger partial charge in [-0.1, -0.05) is 60.6 Å². The Morgan fingerprint density at radius 2 is 1.70 bits per heavy atom. The van der Waals surface area contributed by atoms with E-state index in [9.17, 15) is 19.2 Å². The Morgan fingerprint density at radius 3 is 2.39 bits per heavy atom. The number of carbonyl (C=O) groups excluding carboxylic acids is 3. The van der Waals surface area contributed by atoms with Crippen molar-refractivity contribution in [2.45, 2.75) is 82.1 Å². The quantitative estimate of drug-likeness (QED) is 0.118. The van der Waals surface area contributed by atoms with E-state index in [0.29, 0.717) is 54.5 Å². The Kier molecular flexibility index (Phi) is 13.2. The summed E-state index contributed by atoms with van der Waals surface area (Å²) < 4.78 is 5.55. The average molecular weight is 650 g/mol. The molecule has 2 fully saturated rings. The lowest BCUT2D eigenvalue weighted by Gasteiger charge is -2.25. The number of aliphatic imine (C=N–C) groups is 2. The topological polar surface area (TPSA) is 164 Å². The maximum atomic E-state index is 13.3. The summed E-state index contributed by atoms with van der Waals surface area (Å²) in [6.07, 6.45) is 6.72. The predicted octanol–water partition coefficient (Wildman–Crippen LogP) is 4.18. The number of nitrogens with zero attached hydrogens (tertiary/aromatic N) is 3. The van der Waals surface area contributed by atoms with Gasteiger partial charge in [0.1, 0.15) is 17.2 Å². The van der Waals surface area contributed by atoms with Gasteiger partial charge in [-0.3, -0.25) is 24.2 Å². The fraction of sp³-hybridized carbons (Fsp3) is 0.471. The standard InChI is InChI=1S/C34H43N5O6S/c1-23-30(33(44)37-21-18-28(40)41)46-34(39(23)22-19-24-9-4-2-5-10-24)38-32(43)26-16-14-25(15-17-26)31(35)36-20-8-13-29(42)45-27-11-6-3-7-12-27/h2,4-5,9-10,14-17,23,27,30H,3,6-8,11-13,18-22H2,1H3,(H2,35,36)(H,37,44)(H,40,41). The highest BCUT2D eigenvalue weighted by Gasteiger charge is 2.40. The van der Waals surface area contributed by atoms with E-state index in [4.69, 9.17) is 15.6 Å². The van der Waals surface area contributed by atoms with E-state index >= 15 is 0 Å². The molecule has 4 N–H and O–H groups in total. The zero-order chi connectivity index (χ0) is 32.9. The third-order valence-electron chi connectivity index (χ3n) is 8.08. The number of carboxylic acid groups (broad SMARTS) is 1. The number of hydrogen-bond donors (Lipinski definition) is 3. The van der Waals surface area contributed by atoms with E-state index in [2.05, 4.69) is 15.3 Å². The van der Waals surface area contributed by atoms with E-state index in [1.807, 2.05) is 42.2 Å². The number of amidine groups is 2. The van der Waals surface area contributed by atoms with Crippen LogP contribution in [0.4, 0.5) is 0 Å². The van der Waals surface area contributed by atoms with Crippen molar-refractivity contribution >= 4 is 46.5 Å². The molecule has 2 amide bonds. The van der Waals surface area contributed by atoms with Crippen LogP contribution in [-0.4, -0.2) is 81.8 Å². The summed E-state index contributed by atoms with van der Waals surface area (Å²) in [5.74, 6) is -1.61. The molecule has 2 aromatic rings. The summed E-state index contributed by atoms with van der Waals surface area (Å²) >= 11 is 1.21. The second-order valence-electron chi connectivity index (χ2n) is 11.5. The lowest BCUT2D eigenvalue weighted by atomic mass is 9.98. The van der Waals surface area contributed by atoms with E-state index in [1.54, 1.807) is 24.3 Å². The van der Waals surface area contributed by atoms with Crippen LogP contribution in [0.3, 0.4) is 0 Å². The largest absolute Gasteiger partial charge is 0.481 e. The number of thioether (sulfide) groups is 1. The summed E-state index contributed by atoms with van der Waals surface area (Å²) in [6.45, 7) is 2.87. The summed E-state index contributed by atoms with van der Waals surface area (Å²) in [4.78, 5) is 59.9. The van der Waals surface area contributed by atoms with Crippen LogP contribution in [0.5, 0.6) is 0 Å². The number of rotatable bonds is 14. The number of ether oxygens (including phenoxy) is 1. The Bertz CT molecular complexity index is 1410. The third-order valence-corrected chi connectivity index (χ3v) is 9.48. The van der Waals surface area contributed by atoms with E-state index in [0.717, 1.165) is 31.2 Å². The highest BCUT2D eigenvalue weighted by Crippen LogP contribution is 2.32. The molecule has 0 spiro atoms. The minimum Gasteiger partial charge on any atom is -0.481 e. The van der Waals surface area contributed by atoms with Crippen molar-refractivity contribution in [2.24, 2.45) is 15.7 Å². The molecule has 46 heavy (non-hydrogen) atoms. The van der Waals surface area contributed by atoms with E-state index in [-0.39, 0.29) is 37.0 Å². The van der Waals surface area contributed by atoms with Gasteiger partial charge in [-0.05, 0) is 63.1 Å². The number of benzene rings is 2. The molecular weight excluding hydrogens is 606 g/mol. The third kappa shape index (κ3) is 10.4. The highest BCUT2D eigenvalue weighted by atomic mass is 32.2. The zero-order valence-electron chi connectivity index (χ0n) is 26.2. The van der Waals surface area contributed by atoms with Crippen molar-refractivity contribution in [1.82, 2.24) is 10.2 Å². The van der Waals surface area contributed by atoms with Crippen LogP contribution in [0.25, 0.3) is 0 Å². The molecule has 1 heterocycles. The number of nitrogens with two attached hydrogens (primary N) is 1. The highest BCUT2D eigenvalue weighted by molar-refractivity contribution is 8.15. The fourth-order valence-corrected chi connectivity index (χ4v) is 6.73. The second-order valence-corrected chi connectivity index (χ2v) is 12.6. The second kappa shape index (κ2) is 17.5. The molecule has 4 rings (SSSR count). The first-order valence-corrected chi connectivity index (χ1v) is 16.8. The molecule has 2 atom stereocenters. The summed E-state index contributed by atoms with van der Waals surface area (Å²) in [5, 5.41) is 11.5. The van der Waals surface area contributed by atoms with Crippen LogP contribution in [0.1, 0.15) is 79.8 Å². The number of esters is 1.